The van der Waals surface area contributed by atoms with E-state index in [1.54, 1.807) is 0 Å². The average Bonchev–Trinajstić information content (AvgIpc) is 2.09. The molecule has 0 heterocycles. The average molecular weight is 204 g/mol. The maximum absolute atomic E-state index is 13.2. The minimum Gasteiger partial charge on any atom is -0.493 e. The van der Waals surface area contributed by atoms with Gasteiger partial charge in [0.2, 0.25) is 0 Å². The fraction of sp³-hybridized carbons (Fsp3) is 0.125. The second-order valence-electron chi connectivity index (χ2n) is 2.31. The lowest BCUT2D eigenvalue weighted by molar-refractivity contribution is 0.0996. The number of amides is 1. The van der Waals surface area contributed by atoms with Crippen LogP contribution in [0.2, 0.25) is 5.02 Å². The minimum absolute atomic E-state index is 0.0237. The van der Waals surface area contributed by atoms with Gasteiger partial charge in [-0.3, -0.25) is 4.79 Å². The number of hydrogen-bond acceptors (Lipinski definition) is 2. The zero-order chi connectivity index (χ0) is 10.0. The maximum atomic E-state index is 13.2. The second kappa shape index (κ2) is 3.62. The lowest BCUT2D eigenvalue weighted by Crippen LogP contribution is -2.13. The highest BCUT2D eigenvalue weighted by Crippen LogP contribution is 2.27. The Balaban J connectivity index is 3.38. The molecule has 70 valence electrons. The van der Waals surface area contributed by atoms with Crippen LogP contribution in [0.1, 0.15) is 10.4 Å². The van der Waals surface area contributed by atoms with Gasteiger partial charge >= 0.3 is 0 Å². The highest BCUT2D eigenvalue weighted by molar-refractivity contribution is 6.31. The van der Waals surface area contributed by atoms with Crippen molar-refractivity contribution in [2.24, 2.45) is 5.73 Å². The molecule has 0 unspecified atom stereocenters. The van der Waals surface area contributed by atoms with E-state index < -0.39 is 11.7 Å². The molecule has 0 saturated carbocycles. The van der Waals surface area contributed by atoms with E-state index in [9.17, 15) is 9.18 Å². The van der Waals surface area contributed by atoms with Crippen LogP contribution in [0.4, 0.5) is 4.39 Å². The number of carbonyl (C=O) groups excluding carboxylic acids is 1. The van der Waals surface area contributed by atoms with E-state index in [2.05, 4.69) is 4.74 Å². The number of nitrogens with two attached hydrogens (primary N) is 1. The minimum atomic E-state index is -0.777. The molecule has 1 aromatic carbocycles. The molecule has 5 heteroatoms. The number of hydrogen-bond donors (Lipinski definition) is 1. The first kappa shape index (κ1) is 9.80. The third kappa shape index (κ3) is 1.72. The third-order valence-corrected chi connectivity index (χ3v) is 1.81. The van der Waals surface area contributed by atoms with E-state index >= 15 is 0 Å². The Hall–Kier alpha value is -1.29. The monoisotopic (exact) mass is 203 g/mol. The Kier molecular flexibility index (Phi) is 2.72. The fourth-order valence-electron chi connectivity index (χ4n) is 0.926. The van der Waals surface area contributed by atoms with E-state index in [1.807, 2.05) is 0 Å². The first-order valence-corrected chi connectivity index (χ1v) is 3.77. The Morgan fingerprint density at radius 2 is 2.23 bits per heavy atom. The van der Waals surface area contributed by atoms with E-state index in [0.717, 1.165) is 0 Å². The normalized spacial score (nSPS) is 9.77. The third-order valence-electron chi connectivity index (χ3n) is 1.52. The highest BCUT2D eigenvalue weighted by atomic mass is 35.5. The van der Waals surface area contributed by atoms with Crippen LogP contribution in [0.15, 0.2) is 12.1 Å². The number of halogens is 2. The molecule has 0 bridgehead atoms. The standard InChI is InChI=1S/C8H7ClFNO2/c1-13-7-4(8(11)12)2-3-5(9)6(7)10/h2-3H,1H3,(H2,11,12). The van der Waals surface area contributed by atoms with Crippen LogP contribution in [-0.2, 0) is 0 Å². The van der Waals surface area contributed by atoms with E-state index in [1.165, 1.54) is 19.2 Å². The van der Waals surface area contributed by atoms with Crippen molar-refractivity contribution in [2.45, 2.75) is 0 Å². The maximum Gasteiger partial charge on any atom is 0.252 e. The molecule has 1 aromatic rings. The summed E-state index contributed by atoms with van der Waals surface area (Å²) in [6.45, 7) is 0. The summed E-state index contributed by atoms with van der Waals surface area (Å²) in [7, 11) is 1.24. The summed E-state index contributed by atoms with van der Waals surface area (Å²) in [5.74, 6) is -1.76. The molecule has 0 radical (unpaired) electrons. The SMILES string of the molecule is COc1c(C(N)=O)ccc(Cl)c1F. The smallest absolute Gasteiger partial charge is 0.252 e. The molecule has 13 heavy (non-hydrogen) atoms. The van der Waals surface area contributed by atoms with Crippen molar-refractivity contribution < 1.29 is 13.9 Å². The van der Waals surface area contributed by atoms with Crippen molar-refractivity contribution in [3.63, 3.8) is 0 Å². The van der Waals surface area contributed by atoms with Gasteiger partial charge < -0.3 is 10.5 Å². The number of methoxy groups -OCH3 is 1. The summed E-state index contributed by atoms with van der Waals surface area (Å²) in [6, 6.07) is 2.56. The van der Waals surface area contributed by atoms with Crippen molar-refractivity contribution in [1.29, 1.82) is 0 Å². The molecular formula is C8H7ClFNO2. The van der Waals surface area contributed by atoms with E-state index in [0.29, 0.717) is 0 Å². The molecule has 0 fully saturated rings. The van der Waals surface area contributed by atoms with Crippen molar-refractivity contribution in [2.75, 3.05) is 7.11 Å². The molecule has 0 aliphatic rings. The largest absolute Gasteiger partial charge is 0.493 e. The lowest BCUT2D eigenvalue weighted by atomic mass is 10.2. The van der Waals surface area contributed by atoms with E-state index in [-0.39, 0.29) is 16.3 Å². The number of carbonyl (C=O) groups is 1. The Morgan fingerprint density at radius 3 is 2.69 bits per heavy atom. The summed E-state index contributed by atoms with van der Waals surface area (Å²) in [6.07, 6.45) is 0. The molecule has 0 spiro atoms. The molecule has 1 rings (SSSR count). The van der Waals surface area contributed by atoms with Gasteiger partial charge in [-0.1, -0.05) is 11.6 Å². The predicted octanol–water partition coefficient (Wildman–Crippen LogP) is 1.59. The Labute approximate surface area is 79.2 Å². The van der Waals surface area contributed by atoms with Crippen LogP contribution in [0, 0.1) is 5.82 Å². The fourth-order valence-corrected chi connectivity index (χ4v) is 1.07. The van der Waals surface area contributed by atoms with Crippen LogP contribution in [0.25, 0.3) is 0 Å². The molecule has 3 nitrogen and oxygen atoms in total. The molecule has 0 aliphatic carbocycles. The zero-order valence-corrected chi connectivity index (χ0v) is 7.56. The molecule has 0 aliphatic heterocycles. The van der Waals surface area contributed by atoms with Gasteiger partial charge in [-0.2, -0.15) is 0 Å². The molecule has 0 saturated heterocycles. The van der Waals surface area contributed by atoms with Crippen LogP contribution >= 0.6 is 11.6 Å². The van der Waals surface area contributed by atoms with Gasteiger partial charge in [-0.15, -0.1) is 0 Å². The van der Waals surface area contributed by atoms with Crippen molar-refractivity contribution in [3.8, 4) is 5.75 Å². The van der Waals surface area contributed by atoms with Gasteiger partial charge in [0.05, 0.1) is 17.7 Å². The van der Waals surface area contributed by atoms with E-state index in [4.69, 9.17) is 17.3 Å². The first-order valence-electron chi connectivity index (χ1n) is 3.39. The summed E-state index contributed by atoms with van der Waals surface area (Å²) in [5.41, 5.74) is 4.96. The highest BCUT2D eigenvalue weighted by Gasteiger charge is 2.15. The molecule has 0 atom stereocenters. The number of primary amides is 1. The summed E-state index contributed by atoms with van der Waals surface area (Å²) in [4.78, 5) is 10.8. The molecule has 0 aromatic heterocycles. The van der Waals surface area contributed by atoms with Crippen LogP contribution in [0.3, 0.4) is 0 Å². The Morgan fingerprint density at radius 1 is 1.62 bits per heavy atom. The van der Waals surface area contributed by atoms with Crippen LogP contribution in [-0.4, -0.2) is 13.0 Å². The first-order chi connectivity index (χ1) is 6.07. The predicted molar refractivity (Wildman–Crippen MR) is 46.5 cm³/mol. The summed E-state index contributed by atoms with van der Waals surface area (Å²) >= 11 is 5.46. The van der Waals surface area contributed by atoms with Crippen molar-refractivity contribution >= 4 is 17.5 Å². The van der Waals surface area contributed by atoms with Gasteiger partial charge in [0.1, 0.15) is 0 Å². The number of benzene rings is 1. The quantitative estimate of drug-likeness (QED) is 0.794. The number of ether oxygens (including phenoxy) is 1. The van der Waals surface area contributed by atoms with Gasteiger partial charge in [-0.25, -0.2) is 4.39 Å². The van der Waals surface area contributed by atoms with Crippen LogP contribution in [0.5, 0.6) is 5.75 Å². The van der Waals surface area contributed by atoms with Gasteiger partial charge in [0.25, 0.3) is 5.91 Å². The molecule has 2 N–H and O–H groups in total. The van der Waals surface area contributed by atoms with Crippen molar-refractivity contribution in [3.05, 3.63) is 28.5 Å². The number of rotatable bonds is 2. The topological polar surface area (TPSA) is 52.3 Å². The second-order valence-corrected chi connectivity index (χ2v) is 2.71. The lowest BCUT2D eigenvalue weighted by Gasteiger charge is -2.06. The zero-order valence-electron chi connectivity index (χ0n) is 6.80. The Bertz CT molecular complexity index is 354. The molecular weight excluding hydrogens is 197 g/mol. The summed E-state index contributed by atoms with van der Waals surface area (Å²) < 4.78 is 17.8. The van der Waals surface area contributed by atoms with Gasteiger partial charge in [0.15, 0.2) is 11.6 Å². The summed E-state index contributed by atoms with van der Waals surface area (Å²) in [5, 5.41) is -0.109. The van der Waals surface area contributed by atoms with Gasteiger partial charge in [0, 0.05) is 0 Å². The van der Waals surface area contributed by atoms with Gasteiger partial charge in [-0.05, 0) is 12.1 Å². The van der Waals surface area contributed by atoms with Crippen molar-refractivity contribution in [1.82, 2.24) is 0 Å². The molecule has 1 amide bonds. The van der Waals surface area contributed by atoms with Crippen LogP contribution < -0.4 is 10.5 Å².